The van der Waals surface area contributed by atoms with Crippen LogP contribution in [-0.4, -0.2) is 17.6 Å². The summed E-state index contributed by atoms with van der Waals surface area (Å²) in [4.78, 5) is 10.7. The Morgan fingerprint density at radius 1 is 0.950 bits per heavy atom. The first-order valence-corrected chi connectivity index (χ1v) is 6.82. The fourth-order valence-corrected chi connectivity index (χ4v) is 2.06. The van der Waals surface area contributed by atoms with Crippen molar-refractivity contribution in [3.63, 3.8) is 0 Å². The summed E-state index contributed by atoms with van der Waals surface area (Å²) in [5.41, 5.74) is 2.80. The summed E-state index contributed by atoms with van der Waals surface area (Å²) in [6.45, 7) is 1.73. The molecular formula is C17H19NO2. The molecule has 0 heterocycles. The third kappa shape index (κ3) is 4.52. The molecule has 0 unspecified atom stereocenters. The Balaban J connectivity index is 1.67. The van der Waals surface area contributed by atoms with Crippen molar-refractivity contribution in [2.24, 2.45) is 0 Å². The topological polar surface area (TPSA) is 49.3 Å². The fraction of sp³-hybridized carbons (Fsp3) is 0.235. The van der Waals surface area contributed by atoms with Gasteiger partial charge in [-0.1, -0.05) is 42.5 Å². The third-order valence-electron chi connectivity index (χ3n) is 3.19. The second-order valence-corrected chi connectivity index (χ2v) is 4.77. The van der Waals surface area contributed by atoms with Crippen LogP contribution in [0.25, 0.3) is 0 Å². The average molecular weight is 269 g/mol. The summed E-state index contributed by atoms with van der Waals surface area (Å²) in [5.74, 6) is -0.882. The van der Waals surface area contributed by atoms with Gasteiger partial charge >= 0.3 is 5.97 Å². The van der Waals surface area contributed by atoms with Crippen LogP contribution in [0.15, 0.2) is 54.6 Å². The predicted octanol–water partition coefficient (Wildman–Crippen LogP) is 3.11. The molecule has 0 saturated carbocycles. The minimum atomic E-state index is -0.882. The number of carboxylic acids is 1. The van der Waals surface area contributed by atoms with E-state index in [4.69, 9.17) is 5.11 Å². The number of rotatable bonds is 7. The van der Waals surface area contributed by atoms with Gasteiger partial charge in [0.1, 0.15) is 0 Å². The number of hydrogen-bond donors (Lipinski definition) is 2. The quantitative estimate of drug-likeness (QED) is 0.759. The van der Waals surface area contributed by atoms with E-state index in [1.54, 1.807) is 12.1 Å². The predicted molar refractivity (Wildman–Crippen MR) is 79.9 cm³/mol. The second kappa shape index (κ2) is 7.46. The summed E-state index contributed by atoms with van der Waals surface area (Å²) in [5, 5.41) is 12.2. The van der Waals surface area contributed by atoms with Crippen molar-refractivity contribution in [1.82, 2.24) is 5.32 Å². The maximum absolute atomic E-state index is 10.7. The molecule has 0 aliphatic heterocycles. The summed E-state index contributed by atoms with van der Waals surface area (Å²) in [6.07, 6.45) is 2.17. The molecule has 104 valence electrons. The largest absolute Gasteiger partial charge is 0.478 e. The van der Waals surface area contributed by atoms with E-state index < -0.39 is 5.97 Å². The van der Waals surface area contributed by atoms with Crippen molar-refractivity contribution in [2.75, 3.05) is 6.54 Å². The molecule has 2 aromatic carbocycles. The van der Waals surface area contributed by atoms with Crippen molar-refractivity contribution in [3.05, 3.63) is 71.3 Å². The van der Waals surface area contributed by atoms with Gasteiger partial charge in [-0.3, -0.25) is 0 Å². The highest BCUT2D eigenvalue weighted by molar-refractivity contribution is 5.87. The molecule has 0 saturated heterocycles. The summed E-state index contributed by atoms with van der Waals surface area (Å²) >= 11 is 0. The van der Waals surface area contributed by atoms with E-state index in [1.807, 2.05) is 18.2 Å². The Kier molecular flexibility index (Phi) is 5.33. The number of benzene rings is 2. The standard InChI is InChI=1S/C17H19NO2/c19-17(20)16-10-8-15(9-11-16)13-18-12-4-7-14-5-2-1-3-6-14/h1-3,5-6,8-11,18H,4,7,12-13H2,(H,19,20). The lowest BCUT2D eigenvalue weighted by Gasteiger charge is -2.05. The van der Waals surface area contributed by atoms with Crippen LogP contribution in [0.2, 0.25) is 0 Å². The maximum Gasteiger partial charge on any atom is 0.335 e. The van der Waals surface area contributed by atoms with Crippen LogP contribution in [0.4, 0.5) is 0 Å². The molecule has 0 fully saturated rings. The van der Waals surface area contributed by atoms with Crippen LogP contribution in [0, 0.1) is 0 Å². The maximum atomic E-state index is 10.7. The molecule has 3 heteroatoms. The van der Waals surface area contributed by atoms with E-state index in [-0.39, 0.29) is 0 Å². The highest BCUT2D eigenvalue weighted by Crippen LogP contribution is 2.05. The SMILES string of the molecule is O=C(O)c1ccc(CNCCCc2ccccc2)cc1. The van der Waals surface area contributed by atoms with Crippen LogP contribution in [0.1, 0.15) is 27.9 Å². The monoisotopic (exact) mass is 269 g/mol. The van der Waals surface area contributed by atoms with E-state index in [0.29, 0.717) is 5.56 Å². The number of aromatic carboxylic acids is 1. The zero-order chi connectivity index (χ0) is 14.2. The molecule has 0 spiro atoms. The van der Waals surface area contributed by atoms with Gasteiger partial charge in [0.2, 0.25) is 0 Å². The van der Waals surface area contributed by atoms with E-state index in [9.17, 15) is 4.79 Å². The minimum Gasteiger partial charge on any atom is -0.478 e. The Morgan fingerprint density at radius 3 is 2.30 bits per heavy atom. The average Bonchev–Trinajstić information content (AvgIpc) is 2.48. The van der Waals surface area contributed by atoms with Crippen molar-refractivity contribution in [3.8, 4) is 0 Å². The van der Waals surface area contributed by atoms with E-state index >= 15 is 0 Å². The summed E-state index contributed by atoms with van der Waals surface area (Å²) in [6, 6.07) is 17.4. The van der Waals surface area contributed by atoms with Gasteiger partial charge in [-0.05, 0) is 42.6 Å². The van der Waals surface area contributed by atoms with Gasteiger partial charge < -0.3 is 10.4 Å². The zero-order valence-electron chi connectivity index (χ0n) is 11.4. The van der Waals surface area contributed by atoms with Crippen LogP contribution < -0.4 is 5.32 Å². The number of carbonyl (C=O) groups is 1. The first kappa shape index (κ1) is 14.3. The minimum absolute atomic E-state index is 0.331. The molecule has 2 aromatic rings. The third-order valence-corrected chi connectivity index (χ3v) is 3.19. The van der Waals surface area contributed by atoms with Gasteiger partial charge in [0.25, 0.3) is 0 Å². The fourth-order valence-electron chi connectivity index (χ4n) is 2.06. The molecule has 0 aliphatic carbocycles. The molecular weight excluding hydrogens is 250 g/mol. The van der Waals surface area contributed by atoms with Gasteiger partial charge in [0.05, 0.1) is 5.56 Å². The van der Waals surface area contributed by atoms with Gasteiger partial charge in [-0.2, -0.15) is 0 Å². The Morgan fingerprint density at radius 2 is 1.65 bits per heavy atom. The number of carboxylic acid groups (broad SMARTS) is 1. The molecule has 0 aliphatic rings. The Hall–Kier alpha value is -2.13. The van der Waals surface area contributed by atoms with Crippen molar-refractivity contribution in [1.29, 1.82) is 0 Å². The van der Waals surface area contributed by atoms with Gasteiger partial charge in [-0.25, -0.2) is 4.79 Å². The molecule has 2 rings (SSSR count). The lowest BCUT2D eigenvalue weighted by atomic mass is 10.1. The van der Waals surface area contributed by atoms with E-state index in [2.05, 4.69) is 29.6 Å². The molecule has 3 nitrogen and oxygen atoms in total. The molecule has 0 amide bonds. The first-order valence-electron chi connectivity index (χ1n) is 6.82. The van der Waals surface area contributed by atoms with Crippen molar-refractivity contribution < 1.29 is 9.90 Å². The molecule has 2 N–H and O–H groups in total. The number of hydrogen-bond acceptors (Lipinski definition) is 2. The Labute approximate surface area is 119 Å². The molecule has 0 aromatic heterocycles. The van der Waals surface area contributed by atoms with Crippen molar-refractivity contribution >= 4 is 5.97 Å². The Bertz CT molecular complexity index is 535. The van der Waals surface area contributed by atoms with Gasteiger partial charge in [0.15, 0.2) is 0 Å². The normalized spacial score (nSPS) is 10.4. The van der Waals surface area contributed by atoms with Crippen LogP contribution >= 0.6 is 0 Å². The lowest BCUT2D eigenvalue weighted by molar-refractivity contribution is 0.0697. The smallest absolute Gasteiger partial charge is 0.335 e. The highest BCUT2D eigenvalue weighted by Gasteiger charge is 2.01. The van der Waals surface area contributed by atoms with Gasteiger partial charge in [0, 0.05) is 6.54 Å². The van der Waals surface area contributed by atoms with Gasteiger partial charge in [-0.15, -0.1) is 0 Å². The first-order chi connectivity index (χ1) is 9.75. The van der Waals surface area contributed by atoms with Crippen molar-refractivity contribution in [2.45, 2.75) is 19.4 Å². The van der Waals surface area contributed by atoms with Crippen LogP contribution in [-0.2, 0) is 13.0 Å². The summed E-state index contributed by atoms with van der Waals surface area (Å²) in [7, 11) is 0. The van der Waals surface area contributed by atoms with Crippen LogP contribution in [0.5, 0.6) is 0 Å². The molecule has 0 radical (unpaired) electrons. The number of nitrogens with one attached hydrogen (secondary N) is 1. The van der Waals surface area contributed by atoms with Crippen LogP contribution in [0.3, 0.4) is 0 Å². The number of aryl methyl sites for hydroxylation is 1. The lowest BCUT2D eigenvalue weighted by Crippen LogP contribution is -2.15. The zero-order valence-corrected chi connectivity index (χ0v) is 11.4. The van der Waals surface area contributed by atoms with E-state index in [1.165, 1.54) is 5.56 Å². The molecule has 0 bridgehead atoms. The molecule has 0 atom stereocenters. The highest BCUT2D eigenvalue weighted by atomic mass is 16.4. The summed E-state index contributed by atoms with van der Waals surface area (Å²) < 4.78 is 0. The van der Waals surface area contributed by atoms with E-state index in [0.717, 1.165) is 31.5 Å². The second-order valence-electron chi connectivity index (χ2n) is 4.77. The molecule has 20 heavy (non-hydrogen) atoms.